The number of rotatable bonds is 7. The molecule has 3 nitrogen and oxygen atoms in total. The Morgan fingerprint density at radius 1 is 1.00 bits per heavy atom. The highest BCUT2D eigenvalue weighted by molar-refractivity contribution is 7.97. The number of fused-ring (bicyclic) bond motifs is 1. The summed E-state index contributed by atoms with van der Waals surface area (Å²) in [5, 5.41) is 1.09. The number of aryl methyl sites for hydroxylation is 1. The number of nitrogens with two attached hydrogens (primary N) is 1. The second-order valence-corrected chi connectivity index (χ2v) is 10.5. The maximum Gasteiger partial charge on any atom is 0.112 e. The van der Waals surface area contributed by atoms with Gasteiger partial charge in [0.2, 0.25) is 0 Å². The van der Waals surface area contributed by atoms with E-state index in [9.17, 15) is 0 Å². The predicted molar refractivity (Wildman–Crippen MR) is 166 cm³/mol. The van der Waals surface area contributed by atoms with Gasteiger partial charge in [0.1, 0.15) is 5.01 Å². The van der Waals surface area contributed by atoms with Crippen LogP contribution in [0.4, 0.5) is 5.69 Å². The summed E-state index contributed by atoms with van der Waals surface area (Å²) in [4.78, 5) is 6.08. The van der Waals surface area contributed by atoms with Crippen LogP contribution in [-0.4, -0.2) is 4.98 Å². The SMILES string of the molecule is CC.CCC.CCCC#Cc1cccc(CC(NSc2ccc(N)cc2)c2nc3ccc(C)cc3s2)c1. The third kappa shape index (κ3) is 10.2. The minimum Gasteiger partial charge on any atom is -0.399 e. The Morgan fingerprint density at radius 2 is 1.73 bits per heavy atom. The molecule has 0 spiro atoms. The van der Waals surface area contributed by atoms with Gasteiger partial charge in [-0.05, 0) is 91.4 Å². The number of hydrogen-bond donors (Lipinski definition) is 2. The molecular weight excluding hydrogens is 491 g/mol. The van der Waals surface area contributed by atoms with Crippen molar-refractivity contribution in [1.82, 2.24) is 9.71 Å². The first-order chi connectivity index (χ1) is 18.0. The third-order valence-electron chi connectivity index (χ3n) is 5.03. The molecule has 0 amide bonds. The summed E-state index contributed by atoms with van der Waals surface area (Å²) in [7, 11) is 0. The Balaban J connectivity index is 0.000000898. The van der Waals surface area contributed by atoms with Crippen LogP contribution in [0.25, 0.3) is 10.2 Å². The number of unbranched alkanes of at least 4 members (excludes halogenated alkanes) is 1. The first kappa shape index (κ1) is 30.4. The van der Waals surface area contributed by atoms with E-state index in [-0.39, 0.29) is 6.04 Å². The van der Waals surface area contributed by atoms with Gasteiger partial charge in [0.05, 0.1) is 16.3 Å². The van der Waals surface area contributed by atoms with Crippen LogP contribution in [-0.2, 0) is 6.42 Å². The average molecular weight is 532 g/mol. The van der Waals surface area contributed by atoms with E-state index in [2.05, 4.69) is 86.7 Å². The average Bonchev–Trinajstić information content (AvgIpc) is 3.33. The zero-order valence-electron chi connectivity index (χ0n) is 23.1. The fraction of sp³-hybridized carbons (Fsp3) is 0.344. The minimum atomic E-state index is 0.0779. The van der Waals surface area contributed by atoms with Crippen molar-refractivity contribution >= 4 is 39.2 Å². The maximum atomic E-state index is 5.84. The zero-order chi connectivity index (χ0) is 27.0. The van der Waals surface area contributed by atoms with Gasteiger partial charge in [-0.3, -0.25) is 0 Å². The van der Waals surface area contributed by atoms with Crippen LogP contribution in [0.5, 0.6) is 0 Å². The van der Waals surface area contributed by atoms with Crippen molar-refractivity contribution in [3.8, 4) is 11.8 Å². The van der Waals surface area contributed by atoms with Crippen LogP contribution in [0, 0.1) is 18.8 Å². The third-order valence-corrected chi connectivity index (χ3v) is 7.07. The van der Waals surface area contributed by atoms with Crippen LogP contribution < -0.4 is 10.5 Å². The van der Waals surface area contributed by atoms with Gasteiger partial charge in [0, 0.05) is 22.6 Å². The van der Waals surface area contributed by atoms with Crippen molar-refractivity contribution in [2.24, 2.45) is 0 Å². The highest BCUT2D eigenvalue weighted by atomic mass is 32.2. The Hall–Kier alpha value is -2.78. The Bertz CT molecular complexity index is 1270. The quantitative estimate of drug-likeness (QED) is 0.142. The monoisotopic (exact) mass is 531 g/mol. The maximum absolute atomic E-state index is 5.84. The van der Waals surface area contributed by atoms with Crippen LogP contribution in [0.15, 0.2) is 71.6 Å². The number of anilines is 1. The molecule has 1 unspecified atom stereocenters. The molecule has 3 N–H and O–H groups in total. The van der Waals surface area contributed by atoms with Crippen LogP contribution in [0.2, 0.25) is 0 Å². The Kier molecular flexibility index (Phi) is 13.9. The van der Waals surface area contributed by atoms with E-state index in [1.165, 1.54) is 22.2 Å². The van der Waals surface area contributed by atoms with Crippen LogP contribution in [0.3, 0.4) is 0 Å². The Morgan fingerprint density at radius 3 is 2.43 bits per heavy atom. The van der Waals surface area contributed by atoms with E-state index in [1.807, 2.05) is 38.1 Å². The van der Waals surface area contributed by atoms with Gasteiger partial charge in [0.15, 0.2) is 0 Å². The highest BCUT2D eigenvalue weighted by Crippen LogP contribution is 2.31. The lowest BCUT2D eigenvalue weighted by Crippen LogP contribution is -2.17. The summed E-state index contributed by atoms with van der Waals surface area (Å²) < 4.78 is 4.88. The molecule has 1 aromatic heterocycles. The first-order valence-corrected chi connectivity index (χ1v) is 14.9. The van der Waals surface area contributed by atoms with Gasteiger partial charge in [-0.25, -0.2) is 9.71 Å². The number of nitrogen functional groups attached to an aromatic ring is 1. The standard InChI is InChI=1S/C27H27N3S2.C3H8.C2H6/c1-3-4-5-7-20-8-6-9-21(17-20)18-25(30-32-23-13-11-22(28)12-14-23)27-29-24-15-10-19(2)16-26(24)31-27;1-3-2;1-2/h6,8-17,25,30H,3-4,18,28H2,1-2H3;3H2,1-2H3;1-2H3. The number of nitrogens with one attached hydrogen (secondary N) is 1. The van der Waals surface area contributed by atoms with E-state index in [0.29, 0.717) is 0 Å². The fourth-order valence-corrected chi connectivity index (χ4v) is 5.29. The molecule has 0 saturated carbocycles. The van der Waals surface area contributed by atoms with Crippen molar-refractivity contribution in [3.63, 3.8) is 0 Å². The van der Waals surface area contributed by atoms with Crippen LogP contribution in [0.1, 0.15) is 81.6 Å². The summed E-state index contributed by atoms with van der Waals surface area (Å²) >= 11 is 3.38. The normalized spacial score (nSPS) is 10.9. The van der Waals surface area contributed by atoms with Crippen molar-refractivity contribution < 1.29 is 0 Å². The molecule has 1 heterocycles. The molecule has 3 aromatic carbocycles. The number of hydrogen-bond acceptors (Lipinski definition) is 5. The van der Waals surface area contributed by atoms with E-state index in [4.69, 9.17) is 10.7 Å². The molecule has 4 aromatic rings. The molecule has 196 valence electrons. The molecule has 0 fully saturated rings. The van der Waals surface area contributed by atoms with Gasteiger partial charge >= 0.3 is 0 Å². The fourth-order valence-electron chi connectivity index (χ4n) is 3.35. The van der Waals surface area contributed by atoms with Crippen molar-refractivity contribution in [2.75, 3.05) is 5.73 Å². The molecule has 1 atom stereocenters. The smallest absolute Gasteiger partial charge is 0.112 e. The van der Waals surface area contributed by atoms with Crippen molar-refractivity contribution in [2.45, 2.75) is 78.2 Å². The van der Waals surface area contributed by atoms with Crippen molar-refractivity contribution in [1.29, 1.82) is 0 Å². The Labute approximate surface area is 232 Å². The molecule has 4 rings (SSSR count). The minimum absolute atomic E-state index is 0.0779. The molecule has 0 aliphatic rings. The van der Waals surface area contributed by atoms with Gasteiger partial charge in [0.25, 0.3) is 0 Å². The second-order valence-electron chi connectivity index (χ2n) is 8.53. The van der Waals surface area contributed by atoms with Gasteiger partial charge in [-0.15, -0.1) is 11.3 Å². The number of thiazole rings is 1. The number of aromatic nitrogens is 1. The zero-order valence-corrected chi connectivity index (χ0v) is 24.7. The molecule has 37 heavy (non-hydrogen) atoms. The molecule has 0 bridgehead atoms. The predicted octanol–water partition coefficient (Wildman–Crippen LogP) is 9.36. The second kappa shape index (κ2) is 16.9. The van der Waals surface area contributed by atoms with Crippen LogP contribution >= 0.6 is 23.3 Å². The molecule has 0 radical (unpaired) electrons. The molecular formula is C32H41N3S2. The summed E-state index contributed by atoms with van der Waals surface area (Å²) in [6.45, 7) is 12.5. The summed E-state index contributed by atoms with van der Waals surface area (Å²) in [5.74, 6) is 6.54. The molecule has 0 aliphatic carbocycles. The summed E-state index contributed by atoms with van der Waals surface area (Å²) in [6.07, 6.45) is 4.10. The lowest BCUT2D eigenvalue weighted by molar-refractivity contribution is 0.668. The van der Waals surface area contributed by atoms with Gasteiger partial charge in [-0.2, -0.15) is 0 Å². The summed E-state index contributed by atoms with van der Waals surface area (Å²) in [6, 6.07) is 23.0. The first-order valence-electron chi connectivity index (χ1n) is 13.2. The topological polar surface area (TPSA) is 50.9 Å². The lowest BCUT2D eigenvalue weighted by Gasteiger charge is -2.16. The van der Waals surface area contributed by atoms with E-state index in [1.54, 1.807) is 23.3 Å². The van der Waals surface area contributed by atoms with Crippen molar-refractivity contribution in [3.05, 3.63) is 88.4 Å². The molecule has 0 aliphatic heterocycles. The van der Waals surface area contributed by atoms with E-state index in [0.717, 1.165) is 45.9 Å². The molecule has 0 saturated heterocycles. The van der Waals surface area contributed by atoms with E-state index >= 15 is 0 Å². The lowest BCUT2D eigenvalue weighted by atomic mass is 10.0. The number of nitrogens with zero attached hydrogens (tertiary/aromatic N) is 1. The van der Waals surface area contributed by atoms with Gasteiger partial charge < -0.3 is 5.73 Å². The van der Waals surface area contributed by atoms with Gasteiger partial charge in [-0.1, -0.05) is 71.1 Å². The molecule has 5 heteroatoms. The largest absolute Gasteiger partial charge is 0.399 e. The highest BCUT2D eigenvalue weighted by Gasteiger charge is 2.18. The summed E-state index contributed by atoms with van der Waals surface area (Å²) in [5.41, 5.74) is 11.2. The number of benzene rings is 3. The van der Waals surface area contributed by atoms with E-state index < -0.39 is 0 Å².